The molecule has 0 aliphatic carbocycles. The van der Waals surface area contributed by atoms with Gasteiger partial charge < -0.3 is 13.9 Å². The van der Waals surface area contributed by atoms with Gasteiger partial charge in [-0.15, -0.1) is 0 Å². The largest absolute Gasteiger partial charge is 0.435 e. The fraction of sp³-hybridized carbons (Fsp3) is 0. The lowest BCUT2D eigenvalue weighted by Gasteiger charge is -2.26. The zero-order valence-electron chi connectivity index (χ0n) is 33.1. The Morgan fingerprint density at radius 2 is 0.951 bits per heavy atom. The highest BCUT2D eigenvalue weighted by molar-refractivity contribution is 6.12. The summed E-state index contributed by atoms with van der Waals surface area (Å²) in [7, 11) is 0. The van der Waals surface area contributed by atoms with Crippen molar-refractivity contribution >= 4 is 71.5 Å². The fourth-order valence-corrected chi connectivity index (χ4v) is 9.12. The number of aromatic nitrogens is 2. The molecule has 0 aliphatic heterocycles. The summed E-state index contributed by atoms with van der Waals surface area (Å²) in [5.41, 5.74) is 13.8. The molecule has 10 aromatic carbocycles. The maximum Gasteiger partial charge on any atom is 0.227 e. The SMILES string of the molecule is c1ccc(-c2nc3c(-c4ccc(N(c5ccc(-c6cccc7ccccc67)cc5)c5ccc6c(c5)c5ccccc5n6-c5ccccc5)cc4)cc4ccccc4c3o2)cc1. The average Bonchev–Trinajstić information content (AvgIpc) is 3.93. The summed E-state index contributed by atoms with van der Waals surface area (Å²) < 4.78 is 8.91. The fourth-order valence-electron chi connectivity index (χ4n) is 9.12. The molecule has 2 aromatic heterocycles. The molecule has 0 amide bonds. The Labute approximate surface area is 352 Å². The number of oxazole rings is 1. The standard InChI is InChI=1S/C57H37N3O/c1-3-15-41(16-4-1)57-58-55-51(36-42-17-8-10-22-49(42)56(55)61-57)40-28-32-45(33-29-40)59(44-30-26-39(27-31-44)48-24-13-18-38-14-7-9-21-47(38)48)46-34-35-54-52(37-46)50-23-11-12-25-53(50)60(54)43-19-5-2-6-20-43/h1-37H. The summed E-state index contributed by atoms with van der Waals surface area (Å²) >= 11 is 0. The second-order valence-electron chi connectivity index (χ2n) is 15.6. The summed E-state index contributed by atoms with van der Waals surface area (Å²) in [6.45, 7) is 0. The summed E-state index contributed by atoms with van der Waals surface area (Å²) in [6.07, 6.45) is 0. The first-order valence-electron chi connectivity index (χ1n) is 20.7. The third-order valence-corrected chi connectivity index (χ3v) is 12.0. The van der Waals surface area contributed by atoms with E-state index in [1.54, 1.807) is 0 Å². The van der Waals surface area contributed by atoms with Gasteiger partial charge in [0.25, 0.3) is 0 Å². The Morgan fingerprint density at radius 3 is 1.70 bits per heavy atom. The molecule has 0 radical (unpaired) electrons. The van der Waals surface area contributed by atoms with Crippen LogP contribution in [0.5, 0.6) is 0 Å². The van der Waals surface area contributed by atoms with Crippen LogP contribution in [0.2, 0.25) is 0 Å². The Morgan fingerprint density at radius 1 is 0.377 bits per heavy atom. The summed E-state index contributed by atoms with van der Waals surface area (Å²) in [5, 5.41) is 7.06. The molecule has 0 saturated carbocycles. The molecule has 0 spiro atoms. The lowest BCUT2D eigenvalue weighted by Crippen LogP contribution is -2.10. The molecule has 12 rings (SSSR count). The van der Waals surface area contributed by atoms with E-state index in [2.05, 4.69) is 204 Å². The van der Waals surface area contributed by atoms with E-state index < -0.39 is 0 Å². The van der Waals surface area contributed by atoms with Crippen LogP contribution in [0, 0.1) is 0 Å². The molecule has 0 N–H and O–H groups in total. The van der Waals surface area contributed by atoms with E-state index in [-0.39, 0.29) is 0 Å². The molecular formula is C57H37N3O. The third-order valence-electron chi connectivity index (χ3n) is 12.0. The summed E-state index contributed by atoms with van der Waals surface area (Å²) in [5.74, 6) is 0.618. The normalized spacial score (nSPS) is 11.6. The maximum atomic E-state index is 6.55. The summed E-state index contributed by atoms with van der Waals surface area (Å²) in [6, 6.07) is 80.0. The molecule has 0 bridgehead atoms. The number of benzene rings is 10. The smallest absolute Gasteiger partial charge is 0.227 e. The highest BCUT2D eigenvalue weighted by atomic mass is 16.3. The van der Waals surface area contributed by atoms with Gasteiger partial charge in [0, 0.05) is 50.0 Å². The van der Waals surface area contributed by atoms with Crippen LogP contribution in [0.3, 0.4) is 0 Å². The maximum absolute atomic E-state index is 6.55. The van der Waals surface area contributed by atoms with E-state index in [1.807, 2.05) is 30.3 Å². The van der Waals surface area contributed by atoms with Gasteiger partial charge in [0.15, 0.2) is 5.58 Å². The van der Waals surface area contributed by atoms with E-state index >= 15 is 0 Å². The number of hydrogen-bond donors (Lipinski definition) is 0. The van der Waals surface area contributed by atoms with E-state index in [9.17, 15) is 0 Å². The van der Waals surface area contributed by atoms with Crippen molar-refractivity contribution in [2.75, 3.05) is 4.90 Å². The zero-order valence-corrected chi connectivity index (χ0v) is 33.1. The van der Waals surface area contributed by atoms with Crippen molar-refractivity contribution in [2.45, 2.75) is 0 Å². The number of rotatable bonds is 7. The highest BCUT2D eigenvalue weighted by Crippen LogP contribution is 2.43. The highest BCUT2D eigenvalue weighted by Gasteiger charge is 2.20. The van der Waals surface area contributed by atoms with Crippen LogP contribution >= 0.6 is 0 Å². The van der Waals surface area contributed by atoms with Crippen molar-refractivity contribution < 1.29 is 4.42 Å². The van der Waals surface area contributed by atoms with Crippen molar-refractivity contribution in [2.24, 2.45) is 0 Å². The predicted molar refractivity (Wildman–Crippen MR) is 254 cm³/mol. The molecule has 0 fully saturated rings. The first-order chi connectivity index (χ1) is 30.2. The van der Waals surface area contributed by atoms with Gasteiger partial charge in [0.1, 0.15) is 5.52 Å². The number of fused-ring (bicyclic) bond motifs is 7. The van der Waals surface area contributed by atoms with Gasteiger partial charge in [-0.05, 0) is 112 Å². The van der Waals surface area contributed by atoms with Crippen LogP contribution in [0.4, 0.5) is 17.1 Å². The molecule has 61 heavy (non-hydrogen) atoms. The van der Waals surface area contributed by atoms with Gasteiger partial charge in [-0.25, -0.2) is 4.98 Å². The second kappa shape index (κ2) is 14.3. The molecule has 0 atom stereocenters. The molecule has 4 heteroatoms. The number of nitrogens with zero attached hydrogens (tertiary/aromatic N) is 3. The van der Waals surface area contributed by atoms with Gasteiger partial charge in [-0.3, -0.25) is 0 Å². The van der Waals surface area contributed by atoms with Gasteiger partial charge >= 0.3 is 0 Å². The second-order valence-corrected chi connectivity index (χ2v) is 15.6. The minimum Gasteiger partial charge on any atom is -0.435 e. The minimum atomic E-state index is 0.618. The van der Waals surface area contributed by atoms with Crippen LogP contribution < -0.4 is 4.90 Å². The molecule has 0 saturated heterocycles. The van der Waals surface area contributed by atoms with Crippen LogP contribution in [-0.4, -0.2) is 9.55 Å². The Bertz CT molecular complexity index is 3560. The topological polar surface area (TPSA) is 34.2 Å². The van der Waals surface area contributed by atoms with Gasteiger partial charge in [-0.2, -0.15) is 0 Å². The lowest BCUT2D eigenvalue weighted by atomic mass is 9.97. The molecule has 4 nitrogen and oxygen atoms in total. The van der Waals surface area contributed by atoms with Crippen LogP contribution in [-0.2, 0) is 0 Å². The molecule has 2 heterocycles. The molecule has 286 valence electrons. The lowest BCUT2D eigenvalue weighted by molar-refractivity contribution is 0.623. The van der Waals surface area contributed by atoms with Crippen molar-refractivity contribution in [3.05, 3.63) is 224 Å². The van der Waals surface area contributed by atoms with Crippen LogP contribution in [0.25, 0.3) is 93.8 Å². The van der Waals surface area contributed by atoms with Gasteiger partial charge in [-0.1, -0.05) is 146 Å². The van der Waals surface area contributed by atoms with E-state index in [0.717, 1.165) is 61.3 Å². The molecule has 0 unspecified atom stereocenters. The van der Waals surface area contributed by atoms with Gasteiger partial charge in [0.2, 0.25) is 5.89 Å². The first kappa shape index (κ1) is 34.8. The van der Waals surface area contributed by atoms with Crippen molar-refractivity contribution in [3.8, 4) is 39.4 Å². The quantitative estimate of drug-likeness (QED) is 0.162. The zero-order chi connectivity index (χ0) is 40.3. The van der Waals surface area contributed by atoms with Crippen molar-refractivity contribution in [1.29, 1.82) is 0 Å². The van der Waals surface area contributed by atoms with Crippen molar-refractivity contribution in [3.63, 3.8) is 0 Å². The minimum absolute atomic E-state index is 0.618. The molecule has 12 aromatic rings. The molecule has 0 aliphatic rings. The van der Waals surface area contributed by atoms with Crippen molar-refractivity contribution in [1.82, 2.24) is 9.55 Å². The Hall–Kier alpha value is -8.21. The number of anilines is 3. The Kier molecular flexibility index (Phi) is 8.13. The van der Waals surface area contributed by atoms with E-state index in [4.69, 9.17) is 9.40 Å². The summed E-state index contributed by atoms with van der Waals surface area (Å²) in [4.78, 5) is 7.48. The van der Waals surface area contributed by atoms with Crippen LogP contribution in [0.15, 0.2) is 229 Å². The monoisotopic (exact) mass is 779 g/mol. The molecular weight excluding hydrogens is 743 g/mol. The van der Waals surface area contributed by atoms with E-state index in [0.29, 0.717) is 5.89 Å². The average molecular weight is 780 g/mol. The number of para-hydroxylation sites is 2. The Balaban J connectivity index is 1.01. The number of hydrogen-bond acceptors (Lipinski definition) is 3. The van der Waals surface area contributed by atoms with Crippen LogP contribution in [0.1, 0.15) is 0 Å². The first-order valence-corrected chi connectivity index (χ1v) is 20.7. The third kappa shape index (κ3) is 5.88. The predicted octanol–water partition coefficient (Wildman–Crippen LogP) is 15.7. The van der Waals surface area contributed by atoms with Gasteiger partial charge in [0.05, 0.1) is 11.0 Å². The van der Waals surface area contributed by atoms with E-state index in [1.165, 1.54) is 43.7 Å².